The van der Waals surface area contributed by atoms with Crippen molar-refractivity contribution in [2.75, 3.05) is 31.2 Å². The van der Waals surface area contributed by atoms with Gasteiger partial charge in [0.2, 0.25) is 0 Å². The van der Waals surface area contributed by atoms with Crippen LogP contribution in [-0.4, -0.2) is 31.3 Å². The number of morpholine rings is 1. The monoisotopic (exact) mass is 182 g/mol. The molecule has 1 aliphatic heterocycles. The highest BCUT2D eigenvalue weighted by Gasteiger charge is 2.15. The van der Waals surface area contributed by atoms with Gasteiger partial charge in [-0.25, -0.2) is 9.37 Å². The Hall–Kier alpha value is -1.16. The molecule has 0 atom stereocenters. The number of ether oxygens (including phenoxy) is 1. The molecule has 3 nitrogen and oxygen atoms in total. The zero-order valence-electron chi connectivity index (χ0n) is 7.24. The van der Waals surface area contributed by atoms with Crippen LogP contribution in [-0.2, 0) is 4.74 Å². The van der Waals surface area contributed by atoms with Crippen LogP contribution in [0, 0.1) is 5.82 Å². The molecule has 1 fully saturated rings. The third-order valence-corrected chi connectivity index (χ3v) is 2.05. The van der Waals surface area contributed by atoms with Crippen molar-refractivity contribution in [1.82, 2.24) is 4.98 Å². The average molecular weight is 182 g/mol. The highest BCUT2D eigenvalue weighted by molar-refractivity contribution is 5.39. The first-order valence-corrected chi connectivity index (χ1v) is 4.31. The molecule has 1 saturated heterocycles. The van der Waals surface area contributed by atoms with Gasteiger partial charge >= 0.3 is 0 Å². The summed E-state index contributed by atoms with van der Waals surface area (Å²) in [5.41, 5.74) is 0. The van der Waals surface area contributed by atoms with Gasteiger partial charge in [0.15, 0.2) is 11.6 Å². The fourth-order valence-corrected chi connectivity index (χ4v) is 1.39. The largest absolute Gasteiger partial charge is 0.378 e. The van der Waals surface area contributed by atoms with E-state index in [0.29, 0.717) is 32.1 Å². The van der Waals surface area contributed by atoms with Gasteiger partial charge in [-0.2, -0.15) is 0 Å². The van der Waals surface area contributed by atoms with Gasteiger partial charge in [-0.15, -0.1) is 0 Å². The molecule has 0 aliphatic carbocycles. The maximum atomic E-state index is 13.2. The second-order valence-electron chi connectivity index (χ2n) is 2.91. The van der Waals surface area contributed by atoms with E-state index in [1.807, 2.05) is 4.90 Å². The second-order valence-corrected chi connectivity index (χ2v) is 2.91. The molecule has 0 bridgehead atoms. The van der Waals surface area contributed by atoms with Crippen LogP contribution in [0.3, 0.4) is 0 Å². The number of nitrogens with zero attached hydrogens (tertiary/aromatic N) is 2. The van der Waals surface area contributed by atoms with Gasteiger partial charge in [0.1, 0.15) is 0 Å². The Balaban J connectivity index is 2.18. The van der Waals surface area contributed by atoms with Gasteiger partial charge in [-0.05, 0) is 12.1 Å². The minimum absolute atomic E-state index is 0.260. The summed E-state index contributed by atoms with van der Waals surface area (Å²) in [6.45, 7) is 2.73. The van der Waals surface area contributed by atoms with Crippen molar-refractivity contribution in [3.05, 3.63) is 24.1 Å². The van der Waals surface area contributed by atoms with Gasteiger partial charge in [-0.1, -0.05) is 0 Å². The zero-order chi connectivity index (χ0) is 9.10. The van der Waals surface area contributed by atoms with Crippen molar-refractivity contribution < 1.29 is 9.13 Å². The smallest absolute Gasteiger partial charge is 0.165 e. The molecular weight excluding hydrogens is 171 g/mol. The van der Waals surface area contributed by atoms with E-state index in [-0.39, 0.29) is 5.82 Å². The van der Waals surface area contributed by atoms with Crippen LogP contribution in [0.2, 0.25) is 0 Å². The van der Waals surface area contributed by atoms with E-state index in [0.717, 1.165) is 0 Å². The number of aromatic nitrogens is 1. The summed E-state index contributed by atoms with van der Waals surface area (Å²) < 4.78 is 18.4. The maximum absolute atomic E-state index is 13.2. The topological polar surface area (TPSA) is 25.4 Å². The zero-order valence-corrected chi connectivity index (χ0v) is 7.24. The van der Waals surface area contributed by atoms with Crippen LogP contribution in [0.1, 0.15) is 0 Å². The standard InChI is InChI=1S/C9H11FN2O/c10-8-2-1-3-11-9(8)12-4-6-13-7-5-12/h1-3H,4-7H2. The average Bonchev–Trinajstić information content (AvgIpc) is 2.20. The highest BCUT2D eigenvalue weighted by Crippen LogP contribution is 2.15. The van der Waals surface area contributed by atoms with Gasteiger partial charge in [0.25, 0.3) is 0 Å². The number of pyridine rings is 1. The van der Waals surface area contributed by atoms with Crippen LogP contribution >= 0.6 is 0 Å². The molecule has 4 heteroatoms. The summed E-state index contributed by atoms with van der Waals surface area (Å²) in [6.07, 6.45) is 1.61. The van der Waals surface area contributed by atoms with Crippen LogP contribution in [0.15, 0.2) is 18.3 Å². The Bertz CT molecular complexity index is 287. The normalized spacial score (nSPS) is 17.5. The van der Waals surface area contributed by atoms with Crippen molar-refractivity contribution >= 4 is 5.82 Å². The Labute approximate surface area is 76.1 Å². The Morgan fingerprint density at radius 2 is 2.15 bits per heavy atom. The summed E-state index contributed by atoms with van der Waals surface area (Å²) in [5.74, 6) is 0.176. The number of rotatable bonds is 1. The number of halogens is 1. The molecule has 0 unspecified atom stereocenters. The van der Waals surface area contributed by atoms with Gasteiger partial charge < -0.3 is 9.64 Å². The lowest BCUT2D eigenvalue weighted by Crippen LogP contribution is -2.37. The minimum atomic E-state index is -0.260. The summed E-state index contributed by atoms with van der Waals surface area (Å²) in [6, 6.07) is 3.02. The van der Waals surface area contributed by atoms with Crippen LogP contribution in [0.4, 0.5) is 10.2 Å². The van der Waals surface area contributed by atoms with Crippen molar-refractivity contribution in [3.63, 3.8) is 0 Å². The third kappa shape index (κ3) is 1.78. The quantitative estimate of drug-likeness (QED) is 0.649. The van der Waals surface area contributed by atoms with E-state index in [1.165, 1.54) is 6.07 Å². The molecule has 13 heavy (non-hydrogen) atoms. The first-order valence-electron chi connectivity index (χ1n) is 4.31. The van der Waals surface area contributed by atoms with Crippen molar-refractivity contribution in [1.29, 1.82) is 0 Å². The van der Waals surface area contributed by atoms with Gasteiger partial charge in [0, 0.05) is 19.3 Å². The molecule has 1 aliphatic rings. The van der Waals surface area contributed by atoms with Crippen LogP contribution < -0.4 is 4.90 Å². The van der Waals surface area contributed by atoms with E-state index in [9.17, 15) is 4.39 Å². The Morgan fingerprint density at radius 3 is 2.85 bits per heavy atom. The van der Waals surface area contributed by atoms with E-state index < -0.39 is 0 Å². The molecule has 2 rings (SSSR count). The SMILES string of the molecule is Fc1cccnc1N1CCOCC1. The summed E-state index contributed by atoms with van der Waals surface area (Å²) in [7, 11) is 0. The number of hydrogen-bond acceptors (Lipinski definition) is 3. The Kier molecular flexibility index (Phi) is 2.40. The van der Waals surface area contributed by atoms with E-state index in [1.54, 1.807) is 12.3 Å². The lowest BCUT2D eigenvalue weighted by atomic mass is 10.3. The van der Waals surface area contributed by atoms with Crippen LogP contribution in [0.5, 0.6) is 0 Å². The van der Waals surface area contributed by atoms with Crippen molar-refractivity contribution in [2.45, 2.75) is 0 Å². The molecule has 0 spiro atoms. The summed E-state index contributed by atoms with van der Waals surface area (Å²) in [5, 5.41) is 0. The van der Waals surface area contributed by atoms with Crippen molar-refractivity contribution in [2.24, 2.45) is 0 Å². The molecule has 0 amide bonds. The molecule has 70 valence electrons. The fourth-order valence-electron chi connectivity index (χ4n) is 1.39. The predicted octanol–water partition coefficient (Wildman–Crippen LogP) is 1.06. The molecule has 2 heterocycles. The second kappa shape index (κ2) is 3.70. The molecule has 1 aromatic rings. The molecule has 0 radical (unpaired) electrons. The highest BCUT2D eigenvalue weighted by atomic mass is 19.1. The molecule has 0 N–H and O–H groups in total. The molecule has 0 saturated carbocycles. The van der Waals surface area contributed by atoms with E-state index in [4.69, 9.17) is 4.74 Å². The first kappa shape index (κ1) is 8.44. The van der Waals surface area contributed by atoms with Gasteiger partial charge in [0.05, 0.1) is 13.2 Å². The third-order valence-electron chi connectivity index (χ3n) is 2.05. The van der Waals surface area contributed by atoms with E-state index >= 15 is 0 Å². The Morgan fingerprint density at radius 1 is 1.38 bits per heavy atom. The van der Waals surface area contributed by atoms with E-state index in [2.05, 4.69) is 4.98 Å². The summed E-state index contributed by atoms with van der Waals surface area (Å²) >= 11 is 0. The van der Waals surface area contributed by atoms with Gasteiger partial charge in [-0.3, -0.25) is 0 Å². The molecule has 1 aromatic heterocycles. The molecular formula is C9H11FN2O. The minimum Gasteiger partial charge on any atom is -0.378 e. The van der Waals surface area contributed by atoms with Crippen molar-refractivity contribution in [3.8, 4) is 0 Å². The number of anilines is 1. The lowest BCUT2D eigenvalue weighted by Gasteiger charge is -2.27. The maximum Gasteiger partial charge on any atom is 0.165 e. The molecule has 0 aromatic carbocycles. The predicted molar refractivity (Wildman–Crippen MR) is 47.2 cm³/mol. The lowest BCUT2D eigenvalue weighted by molar-refractivity contribution is 0.122. The number of hydrogen-bond donors (Lipinski definition) is 0. The first-order chi connectivity index (χ1) is 6.38. The van der Waals surface area contributed by atoms with Crippen LogP contribution in [0.25, 0.3) is 0 Å². The summed E-state index contributed by atoms with van der Waals surface area (Å²) in [4.78, 5) is 5.90. The fraction of sp³-hybridized carbons (Fsp3) is 0.444.